The maximum Gasteiger partial charge on any atom is 0.241 e. The van der Waals surface area contributed by atoms with Crippen molar-refractivity contribution in [3.63, 3.8) is 0 Å². The molecule has 5 heteroatoms. The summed E-state index contributed by atoms with van der Waals surface area (Å²) in [7, 11) is 0. The van der Waals surface area contributed by atoms with Gasteiger partial charge >= 0.3 is 0 Å². The molecule has 1 aliphatic rings. The normalized spacial score (nSPS) is 17.1. The summed E-state index contributed by atoms with van der Waals surface area (Å²) in [4.78, 5) is 11.9. The van der Waals surface area contributed by atoms with Crippen molar-refractivity contribution >= 4 is 23.2 Å². The van der Waals surface area contributed by atoms with Gasteiger partial charge in [0.2, 0.25) is 5.91 Å². The monoisotopic (exact) mass is 304 g/mol. The van der Waals surface area contributed by atoms with Crippen LogP contribution in [0.1, 0.15) is 6.42 Å². The summed E-state index contributed by atoms with van der Waals surface area (Å²) in [5.41, 5.74) is 1.15. The number of benzene rings is 2. The second kappa shape index (κ2) is 5.84. The van der Waals surface area contributed by atoms with Crippen LogP contribution < -0.4 is 10.6 Å². The zero-order chi connectivity index (χ0) is 14.8. The van der Waals surface area contributed by atoms with Gasteiger partial charge in [0.1, 0.15) is 0 Å². The average Bonchev–Trinajstić information content (AvgIpc) is 2.40. The molecule has 0 saturated carbocycles. The van der Waals surface area contributed by atoms with Crippen LogP contribution in [0.15, 0.2) is 42.5 Å². The van der Waals surface area contributed by atoms with Crippen LogP contribution >= 0.6 is 11.6 Å². The first-order valence-electron chi connectivity index (χ1n) is 6.74. The smallest absolute Gasteiger partial charge is 0.241 e. The van der Waals surface area contributed by atoms with Crippen molar-refractivity contribution in [2.75, 3.05) is 11.9 Å². The first kappa shape index (κ1) is 14.0. The molecule has 2 N–H and O–H groups in total. The lowest BCUT2D eigenvalue weighted by Crippen LogP contribution is -2.50. The number of hydrogen-bond acceptors (Lipinski definition) is 2. The molecule has 0 aromatic heterocycles. The number of amides is 1. The van der Waals surface area contributed by atoms with Gasteiger partial charge in [-0.05, 0) is 25.1 Å². The Morgan fingerprint density at radius 2 is 1.90 bits per heavy atom. The Morgan fingerprint density at radius 1 is 1.19 bits per heavy atom. The number of rotatable bonds is 3. The molecular formula is C16H14ClFN2O. The summed E-state index contributed by atoms with van der Waals surface area (Å²) in [6.07, 6.45) is 0.775. The second-order valence-electron chi connectivity index (χ2n) is 4.93. The maximum absolute atomic E-state index is 14.6. The van der Waals surface area contributed by atoms with Gasteiger partial charge in [-0.2, -0.15) is 0 Å². The third-order valence-electron chi connectivity index (χ3n) is 3.56. The van der Waals surface area contributed by atoms with Crippen molar-refractivity contribution < 1.29 is 9.18 Å². The van der Waals surface area contributed by atoms with E-state index in [9.17, 15) is 9.18 Å². The summed E-state index contributed by atoms with van der Waals surface area (Å²) in [5, 5.41) is 6.08. The summed E-state index contributed by atoms with van der Waals surface area (Å²) in [6.45, 7) is 0.820. The summed E-state index contributed by atoms with van der Waals surface area (Å²) < 4.78 is 14.6. The Balaban J connectivity index is 1.92. The highest BCUT2D eigenvalue weighted by Gasteiger charge is 2.25. The van der Waals surface area contributed by atoms with E-state index in [2.05, 4.69) is 10.6 Å². The highest BCUT2D eigenvalue weighted by atomic mass is 35.5. The molecule has 1 heterocycles. The van der Waals surface area contributed by atoms with Gasteiger partial charge in [-0.3, -0.25) is 4.79 Å². The van der Waals surface area contributed by atoms with Gasteiger partial charge in [0.15, 0.2) is 5.82 Å². The van der Waals surface area contributed by atoms with Crippen molar-refractivity contribution in [2.45, 2.75) is 12.5 Å². The number of hydrogen-bond donors (Lipinski definition) is 2. The fraction of sp³-hybridized carbons (Fsp3) is 0.188. The van der Waals surface area contributed by atoms with Gasteiger partial charge < -0.3 is 10.6 Å². The Morgan fingerprint density at radius 3 is 2.57 bits per heavy atom. The molecule has 1 unspecified atom stereocenters. The molecule has 1 atom stereocenters. The zero-order valence-electron chi connectivity index (χ0n) is 11.2. The molecule has 0 spiro atoms. The van der Waals surface area contributed by atoms with E-state index in [1.807, 2.05) is 0 Å². The lowest BCUT2D eigenvalue weighted by atomic mass is 10.0. The number of carbonyl (C=O) groups excluding carboxylic acids is 1. The summed E-state index contributed by atoms with van der Waals surface area (Å²) in [6, 6.07) is 11.7. The van der Waals surface area contributed by atoms with Crippen molar-refractivity contribution in [1.82, 2.24) is 5.32 Å². The predicted molar refractivity (Wildman–Crippen MR) is 81.9 cm³/mol. The summed E-state index contributed by atoms with van der Waals surface area (Å²) >= 11 is 6.11. The lowest BCUT2D eigenvalue weighted by Gasteiger charge is -2.26. The molecule has 108 valence electrons. The van der Waals surface area contributed by atoms with Crippen molar-refractivity contribution in [3.05, 3.63) is 53.3 Å². The largest absolute Gasteiger partial charge is 0.322 e. The number of carbonyl (C=O) groups is 1. The third-order valence-corrected chi connectivity index (χ3v) is 3.89. The van der Waals surface area contributed by atoms with Gasteiger partial charge in [-0.25, -0.2) is 4.39 Å². The molecule has 3 nitrogen and oxygen atoms in total. The van der Waals surface area contributed by atoms with Crippen molar-refractivity contribution in [1.29, 1.82) is 0 Å². The Hall–Kier alpha value is -1.91. The Bertz CT molecular complexity index is 686. The number of halogens is 2. The standard InChI is InChI=1S/C16H14ClFN2O/c17-12-6-2-1-4-10(12)11-5-3-7-13(15(11)18)20-16(21)14-8-9-19-14/h1-7,14,19H,8-9H2,(H,20,21). The molecule has 21 heavy (non-hydrogen) atoms. The van der Waals surface area contributed by atoms with Crippen molar-refractivity contribution in [3.8, 4) is 11.1 Å². The van der Waals surface area contributed by atoms with E-state index in [4.69, 9.17) is 11.6 Å². The zero-order valence-corrected chi connectivity index (χ0v) is 12.0. The van der Waals surface area contributed by atoms with E-state index in [1.54, 1.807) is 42.5 Å². The van der Waals surface area contributed by atoms with Crippen LogP contribution in [0.4, 0.5) is 10.1 Å². The molecule has 0 radical (unpaired) electrons. The molecule has 2 aromatic rings. The maximum atomic E-state index is 14.6. The van der Waals surface area contributed by atoms with E-state index < -0.39 is 5.82 Å². The van der Waals surface area contributed by atoms with E-state index in [-0.39, 0.29) is 17.6 Å². The highest BCUT2D eigenvalue weighted by Crippen LogP contribution is 2.32. The fourth-order valence-electron chi connectivity index (χ4n) is 2.25. The third kappa shape index (κ3) is 2.77. The van der Waals surface area contributed by atoms with Gasteiger partial charge in [0.25, 0.3) is 0 Å². The van der Waals surface area contributed by atoms with Gasteiger partial charge in [-0.15, -0.1) is 0 Å². The molecule has 0 aliphatic carbocycles. The van der Waals surface area contributed by atoms with Crippen LogP contribution in [-0.4, -0.2) is 18.5 Å². The van der Waals surface area contributed by atoms with Crippen LogP contribution in [0.2, 0.25) is 5.02 Å². The number of anilines is 1. The minimum atomic E-state index is -0.474. The van der Waals surface area contributed by atoms with Crippen LogP contribution in [0.3, 0.4) is 0 Å². The molecule has 3 rings (SSSR count). The average molecular weight is 305 g/mol. The fourth-order valence-corrected chi connectivity index (χ4v) is 2.49. The Labute approximate surface area is 127 Å². The van der Waals surface area contributed by atoms with E-state index in [0.29, 0.717) is 16.1 Å². The topological polar surface area (TPSA) is 41.1 Å². The number of nitrogens with one attached hydrogen (secondary N) is 2. The van der Waals surface area contributed by atoms with Crippen LogP contribution in [-0.2, 0) is 4.79 Å². The van der Waals surface area contributed by atoms with Gasteiger partial charge in [0.05, 0.1) is 11.7 Å². The quantitative estimate of drug-likeness (QED) is 0.912. The molecule has 0 bridgehead atoms. The van der Waals surface area contributed by atoms with E-state index in [1.165, 1.54) is 0 Å². The second-order valence-corrected chi connectivity index (χ2v) is 5.34. The van der Waals surface area contributed by atoms with E-state index in [0.717, 1.165) is 13.0 Å². The lowest BCUT2D eigenvalue weighted by molar-refractivity contribution is -0.119. The van der Waals surface area contributed by atoms with Gasteiger partial charge in [0, 0.05) is 16.1 Å². The molecule has 2 aromatic carbocycles. The predicted octanol–water partition coefficient (Wildman–Crippen LogP) is 3.45. The molecule has 1 fully saturated rings. The molecule has 1 aliphatic heterocycles. The molecular weight excluding hydrogens is 291 g/mol. The summed E-state index contributed by atoms with van der Waals surface area (Å²) in [5.74, 6) is -0.685. The minimum Gasteiger partial charge on any atom is -0.322 e. The first-order chi connectivity index (χ1) is 10.2. The molecule has 1 saturated heterocycles. The first-order valence-corrected chi connectivity index (χ1v) is 7.12. The van der Waals surface area contributed by atoms with Crippen LogP contribution in [0.5, 0.6) is 0 Å². The molecule has 1 amide bonds. The van der Waals surface area contributed by atoms with Crippen LogP contribution in [0.25, 0.3) is 11.1 Å². The van der Waals surface area contributed by atoms with Crippen molar-refractivity contribution in [2.24, 2.45) is 0 Å². The highest BCUT2D eigenvalue weighted by molar-refractivity contribution is 6.33. The van der Waals surface area contributed by atoms with Crippen LogP contribution in [0, 0.1) is 5.82 Å². The minimum absolute atomic E-state index is 0.172. The Kier molecular flexibility index (Phi) is 3.90. The van der Waals surface area contributed by atoms with E-state index >= 15 is 0 Å². The SMILES string of the molecule is O=C(Nc1cccc(-c2ccccc2Cl)c1F)C1CCN1. The van der Waals surface area contributed by atoms with Gasteiger partial charge in [-0.1, -0.05) is 41.9 Å².